The number of hydrogen-bond acceptors (Lipinski definition) is 13. The van der Waals surface area contributed by atoms with Crippen molar-refractivity contribution in [2.75, 3.05) is 6.61 Å². The summed E-state index contributed by atoms with van der Waals surface area (Å²) in [4.78, 5) is 0. The van der Waals surface area contributed by atoms with Crippen LogP contribution >= 0.6 is 0 Å². The van der Waals surface area contributed by atoms with Crippen LogP contribution in [0.1, 0.15) is 6.92 Å². The molecule has 0 aliphatic carbocycles. The van der Waals surface area contributed by atoms with Gasteiger partial charge in [-0.15, -0.1) is 0 Å². The molecular formula is C27H31O14+. The van der Waals surface area contributed by atoms with Crippen LogP contribution < -0.4 is 4.74 Å². The van der Waals surface area contributed by atoms with Crippen LogP contribution in [-0.2, 0) is 14.2 Å². The average molecular weight is 580 g/mol. The van der Waals surface area contributed by atoms with Crippen LogP contribution in [0.3, 0.4) is 0 Å². The minimum absolute atomic E-state index is 0.0261. The summed E-state index contributed by atoms with van der Waals surface area (Å²) in [5, 5.41) is 92.3. The third kappa shape index (κ3) is 5.61. The smallest absolute Gasteiger partial charge is 0.402 e. The highest BCUT2D eigenvalue weighted by Crippen LogP contribution is 2.41. The van der Waals surface area contributed by atoms with E-state index < -0.39 is 68.0 Å². The van der Waals surface area contributed by atoms with E-state index in [2.05, 4.69) is 0 Å². The fraction of sp³-hybridized carbons (Fsp3) is 0.444. The summed E-state index contributed by atoms with van der Waals surface area (Å²) >= 11 is 0. The maximum atomic E-state index is 10.9. The molecule has 0 amide bonds. The number of hydrogen-bond donors (Lipinski definition) is 9. The van der Waals surface area contributed by atoms with Crippen molar-refractivity contribution < 1.29 is 69.3 Å². The van der Waals surface area contributed by atoms with Gasteiger partial charge in [-0.25, -0.2) is 4.42 Å². The maximum absolute atomic E-state index is 10.9. The van der Waals surface area contributed by atoms with Gasteiger partial charge in [-0.1, -0.05) is 0 Å². The quantitative estimate of drug-likeness (QED) is 0.168. The Morgan fingerprint density at radius 2 is 1.46 bits per heavy atom. The van der Waals surface area contributed by atoms with Crippen molar-refractivity contribution in [3.05, 3.63) is 42.5 Å². The standard InChI is InChI=1S/C27H30O14/c1-10-19(32)20(33)22(35)26(37-10)41-25-18(9-28)40-27(23(36)21(25)34)39-17-8-14-15(31)6-13(30)7-16(14)38-24(17)11-2-4-12(29)5-3-11/h2-8,10,18-23,25-28,32-36H,9H2,1H3,(H2-,29,30,31)/p+1/t10-,18+,19-,20+,21+,22+,23+,25+,26-,27+/m0/s1. The lowest BCUT2D eigenvalue weighted by Crippen LogP contribution is -2.64. The minimum atomic E-state index is -1.80. The molecule has 3 heterocycles. The van der Waals surface area contributed by atoms with Gasteiger partial charge < -0.3 is 64.9 Å². The van der Waals surface area contributed by atoms with Crippen molar-refractivity contribution in [2.45, 2.75) is 68.3 Å². The third-order valence-corrected chi connectivity index (χ3v) is 7.11. The fourth-order valence-corrected chi connectivity index (χ4v) is 4.81. The largest absolute Gasteiger partial charge is 0.508 e. The van der Waals surface area contributed by atoms with E-state index in [1.807, 2.05) is 0 Å². The average Bonchev–Trinajstić information content (AvgIpc) is 2.94. The van der Waals surface area contributed by atoms with E-state index in [1.54, 1.807) is 0 Å². The number of ether oxygens (including phenoxy) is 4. The number of aromatic hydroxyl groups is 3. The zero-order valence-electron chi connectivity index (χ0n) is 21.6. The first-order valence-electron chi connectivity index (χ1n) is 12.7. The van der Waals surface area contributed by atoms with Crippen molar-refractivity contribution in [3.63, 3.8) is 0 Å². The number of phenols is 3. The summed E-state index contributed by atoms with van der Waals surface area (Å²) in [5.74, 6) is -0.661. The Morgan fingerprint density at radius 1 is 0.780 bits per heavy atom. The lowest BCUT2D eigenvalue weighted by atomic mass is 9.97. The van der Waals surface area contributed by atoms with Gasteiger partial charge in [-0.05, 0) is 31.2 Å². The van der Waals surface area contributed by atoms with Gasteiger partial charge >= 0.3 is 11.3 Å². The van der Waals surface area contributed by atoms with Crippen molar-refractivity contribution >= 4 is 11.0 Å². The molecule has 2 fully saturated rings. The van der Waals surface area contributed by atoms with Crippen LogP contribution in [0.2, 0.25) is 0 Å². The van der Waals surface area contributed by atoms with E-state index in [9.17, 15) is 46.0 Å². The molecule has 0 bridgehead atoms. The van der Waals surface area contributed by atoms with Crippen molar-refractivity contribution in [3.8, 4) is 34.3 Å². The van der Waals surface area contributed by atoms with Crippen LogP contribution in [-0.4, -0.2) is 114 Å². The summed E-state index contributed by atoms with van der Waals surface area (Å²) in [6.45, 7) is 0.705. The van der Waals surface area contributed by atoms with Gasteiger partial charge in [0.05, 0.1) is 24.3 Å². The Bertz CT molecular complexity index is 1360. The van der Waals surface area contributed by atoms with Crippen molar-refractivity contribution in [1.82, 2.24) is 0 Å². The highest BCUT2D eigenvalue weighted by Gasteiger charge is 2.51. The first-order valence-corrected chi connectivity index (χ1v) is 12.7. The SMILES string of the molecule is C[C@@H]1O[C@@H](O[C@H]2[C@H](O)[C@@H](O)[C@H](Oc3cc4c(O)cc(O)cc4[o+]c3-c3ccc(O)cc3)O[C@@H]2CO)[C@H](O)[C@H](O)[C@H]1O. The second-order valence-corrected chi connectivity index (χ2v) is 9.97. The summed E-state index contributed by atoms with van der Waals surface area (Å²) < 4.78 is 28.5. The van der Waals surface area contributed by atoms with Gasteiger partial charge in [0.2, 0.25) is 12.0 Å². The predicted octanol–water partition coefficient (Wildman–Crippen LogP) is -0.472. The zero-order chi connectivity index (χ0) is 29.6. The van der Waals surface area contributed by atoms with Gasteiger partial charge in [0.1, 0.15) is 65.4 Å². The zero-order valence-corrected chi connectivity index (χ0v) is 21.6. The molecule has 3 aromatic rings. The Kier molecular flexibility index (Phi) is 8.20. The molecule has 5 rings (SSSR count). The van der Waals surface area contributed by atoms with Gasteiger partial charge in [-0.2, -0.15) is 0 Å². The molecule has 2 saturated heterocycles. The molecule has 0 spiro atoms. The highest BCUT2D eigenvalue weighted by molar-refractivity contribution is 5.88. The Balaban J connectivity index is 1.44. The molecule has 41 heavy (non-hydrogen) atoms. The van der Waals surface area contributed by atoms with E-state index in [0.717, 1.165) is 6.07 Å². The number of aliphatic hydroxyl groups is 6. The first-order chi connectivity index (χ1) is 19.5. The van der Waals surface area contributed by atoms with Crippen LogP contribution in [0.15, 0.2) is 46.9 Å². The lowest BCUT2D eigenvalue weighted by molar-refractivity contribution is -0.349. The molecule has 10 atom stereocenters. The number of fused-ring (bicyclic) bond motifs is 1. The predicted molar refractivity (Wildman–Crippen MR) is 137 cm³/mol. The molecule has 9 N–H and O–H groups in total. The minimum Gasteiger partial charge on any atom is -0.508 e. The van der Waals surface area contributed by atoms with Gasteiger partial charge in [-0.3, -0.25) is 0 Å². The fourth-order valence-electron chi connectivity index (χ4n) is 4.81. The molecule has 0 radical (unpaired) electrons. The van der Waals surface area contributed by atoms with Crippen molar-refractivity contribution in [1.29, 1.82) is 0 Å². The summed E-state index contributed by atoms with van der Waals surface area (Å²) in [5.41, 5.74) is 0.476. The lowest BCUT2D eigenvalue weighted by Gasteiger charge is -2.45. The molecule has 2 aliphatic rings. The second kappa shape index (κ2) is 11.5. The number of phenolic OH excluding ortho intramolecular Hbond substituents is 3. The van der Waals surface area contributed by atoms with Gasteiger partial charge in [0.25, 0.3) is 0 Å². The van der Waals surface area contributed by atoms with Gasteiger partial charge in [0.15, 0.2) is 6.29 Å². The van der Waals surface area contributed by atoms with E-state index in [4.69, 9.17) is 23.4 Å². The molecular weight excluding hydrogens is 548 g/mol. The molecule has 0 saturated carbocycles. The van der Waals surface area contributed by atoms with Crippen LogP contribution in [0.5, 0.6) is 23.0 Å². The molecule has 0 unspecified atom stereocenters. The summed E-state index contributed by atoms with van der Waals surface area (Å²) in [7, 11) is 0. The van der Waals surface area contributed by atoms with Crippen molar-refractivity contribution in [2.24, 2.45) is 0 Å². The molecule has 1 aromatic heterocycles. The van der Waals surface area contributed by atoms with E-state index in [1.165, 1.54) is 43.3 Å². The summed E-state index contributed by atoms with van der Waals surface area (Å²) in [6, 6.07) is 9.48. The van der Waals surface area contributed by atoms with Crippen LogP contribution in [0.4, 0.5) is 0 Å². The second-order valence-electron chi connectivity index (χ2n) is 9.97. The number of rotatable bonds is 6. The summed E-state index contributed by atoms with van der Waals surface area (Å²) in [6.07, 6.45) is -15.2. The first kappa shape index (κ1) is 29.2. The van der Waals surface area contributed by atoms with E-state index >= 15 is 0 Å². The Labute approximate surface area is 232 Å². The monoisotopic (exact) mass is 579 g/mol. The number of benzene rings is 2. The van der Waals surface area contributed by atoms with E-state index in [-0.39, 0.29) is 39.7 Å². The highest BCUT2D eigenvalue weighted by atomic mass is 16.7. The maximum Gasteiger partial charge on any atom is 0.402 e. The normalized spacial score (nSPS) is 34.0. The van der Waals surface area contributed by atoms with Gasteiger partial charge in [0, 0.05) is 12.1 Å². The number of aliphatic hydroxyl groups excluding tert-OH is 6. The van der Waals surface area contributed by atoms with E-state index in [0.29, 0.717) is 5.56 Å². The van der Waals surface area contributed by atoms with Crippen LogP contribution in [0, 0.1) is 0 Å². The molecule has 14 heteroatoms. The third-order valence-electron chi connectivity index (χ3n) is 7.11. The molecule has 2 aromatic carbocycles. The molecule has 222 valence electrons. The molecule has 14 nitrogen and oxygen atoms in total. The Morgan fingerprint density at radius 3 is 2.15 bits per heavy atom. The van der Waals surface area contributed by atoms with Crippen LogP contribution in [0.25, 0.3) is 22.3 Å². The topological polar surface area (TPSA) is 230 Å². The molecule has 2 aliphatic heterocycles. The Hall–Kier alpha value is -3.31.